The fourth-order valence-electron chi connectivity index (χ4n) is 5.65. The summed E-state index contributed by atoms with van der Waals surface area (Å²) >= 11 is 0. The van der Waals surface area contributed by atoms with Crippen molar-refractivity contribution in [2.24, 2.45) is 22.2 Å². The molecule has 0 radical (unpaired) electrons. The first kappa shape index (κ1) is 25.8. The number of hydrogen-bond acceptors (Lipinski definition) is 4. The van der Waals surface area contributed by atoms with Gasteiger partial charge in [-0.3, -0.25) is 0 Å². The van der Waals surface area contributed by atoms with E-state index in [1.807, 2.05) is 6.07 Å². The summed E-state index contributed by atoms with van der Waals surface area (Å²) in [6, 6.07) is 6.27. The lowest BCUT2D eigenvalue weighted by molar-refractivity contribution is -0.133. The van der Waals surface area contributed by atoms with Gasteiger partial charge in [-0.25, -0.2) is 0 Å². The summed E-state index contributed by atoms with van der Waals surface area (Å²) in [6.07, 6.45) is 13.4. The molecule has 5 rings (SSSR count). The van der Waals surface area contributed by atoms with Gasteiger partial charge in [-0.1, -0.05) is 46.5 Å². The van der Waals surface area contributed by atoms with Crippen molar-refractivity contribution >= 4 is 0 Å². The molecule has 0 unspecified atom stereocenters. The highest BCUT2D eigenvalue weighted by atomic mass is 16.5. The van der Waals surface area contributed by atoms with Crippen molar-refractivity contribution < 1.29 is 18.9 Å². The van der Waals surface area contributed by atoms with Crippen LogP contribution in [0.15, 0.2) is 18.2 Å². The highest BCUT2D eigenvalue weighted by Crippen LogP contribution is 2.45. The van der Waals surface area contributed by atoms with Crippen LogP contribution >= 0.6 is 0 Å². The standard InChI is InChI=1S/C21H32O3.C9H16O/c1-4-20(8-6-7-9-20)15-23-18-10-17(3)11-19(12-18)24-16-21(5-2)13-22-14-21;1-2-9(6-10-7-9)5-8-3-4-8/h10-12H,4-9,13-16H2,1-3H3;8H,2-7H2,1H3. The van der Waals surface area contributed by atoms with Crippen LogP contribution in [0.25, 0.3) is 0 Å². The van der Waals surface area contributed by atoms with E-state index >= 15 is 0 Å². The molecule has 0 amide bonds. The van der Waals surface area contributed by atoms with Gasteiger partial charge in [-0.05, 0) is 69.1 Å². The normalized spacial score (nSPS) is 23.8. The molecule has 2 aliphatic carbocycles. The summed E-state index contributed by atoms with van der Waals surface area (Å²) in [7, 11) is 0. The maximum atomic E-state index is 6.20. The Balaban J connectivity index is 0.000000226. The molecular weight excluding hydrogens is 424 g/mol. The molecule has 2 heterocycles. The molecule has 2 saturated heterocycles. The predicted octanol–water partition coefficient (Wildman–Crippen LogP) is 7.36. The van der Waals surface area contributed by atoms with Crippen molar-refractivity contribution in [3.8, 4) is 11.5 Å². The van der Waals surface area contributed by atoms with E-state index in [2.05, 4.69) is 39.8 Å². The second kappa shape index (κ2) is 11.2. The molecule has 0 aromatic heterocycles. The molecule has 2 saturated carbocycles. The van der Waals surface area contributed by atoms with E-state index < -0.39 is 0 Å². The monoisotopic (exact) mass is 472 g/mol. The second-order valence-electron chi connectivity index (χ2n) is 12.0. The molecule has 0 spiro atoms. The van der Waals surface area contributed by atoms with Gasteiger partial charge in [-0.15, -0.1) is 0 Å². The molecule has 1 aromatic carbocycles. The van der Waals surface area contributed by atoms with Crippen LogP contribution in [0, 0.1) is 29.1 Å². The highest BCUT2D eigenvalue weighted by Gasteiger charge is 2.41. The fourth-order valence-corrected chi connectivity index (χ4v) is 5.65. The van der Waals surface area contributed by atoms with Gasteiger partial charge in [0.2, 0.25) is 0 Å². The minimum absolute atomic E-state index is 0.209. The van der Waals surface area contributed by atoms with Gasteiger partial charge in [0.1, 0.15) is 11.5 Å². The van der Waals surface area contributed by atoms with Crippen molar-refractivity contribution in [1.82, 2.24) is 0 Å². The van der Waals surface area contributed by atoms with Gasteiger partial charge >= 0.3 is 0 Å². The Morgan fingerprint density at radius 2 is 1.24 bits per heavy atom. The molecule has 34 heavy (non-hydrogen) atoms. The van der Waals surface area contributed by atoms with Crippen LogP contribution in [-0.4, -0.2) is 39.6 Å². The fraction of sp³-hybridized carbons (Fsp3) is 0.800. The van der Waals surface area contributed by atoms with Crippen molar-refractivity contribution in [2.45, 2.75) is 91.9 Å². The molecule has 0 bridgehead atoms. The van der Waals surface area contributed by atoms with Crippen LogP contribution in [-0.2, 0) is 9.47 Å². The lowest BCUT2D eigenvalue weighted by Crippen LogP contribution is -2.46. The summed E-state index contributed by atoms with van der Waals surface area (Å²) in [5, 5.41) is 0. The average molecular weight is 473 g/mol. The zero-order valence-electron chi connectivity index (χ0n) is 22.3. The smallest absolute Gasteiger partial charge is 0.123 e. The van der Waals surface area contributed by atoms with E-state index in [0.29, 0.717) is 10.8 Å². The van der Waals surface area contributed by atoms with Crippen molar-refractivity contribution in [2.75, 3.05) is 39.6 Å². The molecule has 192 valence electrons. The van der Waals surface area contributed by atoms with E-state index in [-0.39, 0.29) is 5.41 Å². The topological polar surface area (TPSA) is 36.9 Å². The van der Waals surface area contributed by atoms with Crippen molar-refractivity contribution in [3.63, 3.8) is 0 Å². The van der Waals surface area contributed by atoms with E-state index in [9.17, 15) is 0 Å². The molecule has 4 nitrogen and oxygen atoms in total. The van der Waals surface area contributed by atoms with E-state index in [1.54, 1.807) is 0 Å². The summed E-state index contributed by atoms with van der Waals surface area (Å²) in [5.74, 6) is 2.94. The highest BCUT2D eigenvalue weighted by molar-refractivity contribution is 5.38. The summed E-state index contributed by atoms with van der Waals surface area (Å²) in [6.45, 7) is 14.2. The van der Waals surface area contributed by atoms with Gasteiger partial charge in [0.05, 0.1) is 45.1 Å². The Morgan fingerprint density at radius 3 is 1.65 bits per heavy atom. The number of rotatable bonds is 11. The van der Waals surface area contributed by atoms with Gasteiger partial charge < -0.3 is 18.9 Å². The van der Waals surface area contributed by atoms with E-state index in [1.165, 1.54) is 63.4 Å². The van der Waals surface area contributed by atoms with Crippen LogP contribution in [0.1, 0.15) is 90.5 Å². The van der Waals surface area contributed by atoms with Crippen LogP contribution in [0.2, 0.25) is 0 Å². The lowest BCUT2D eigenvalue weighted by atomic mass is 9.78. The Kier molecular flexibility index (Phi) is 8.51. The molecule has 0 N–H and O–H groups in total. The number of ether oxygens (including phenoxy) is 4. The molecular formula is C30H48O4. The van der Waals surface area contributed by atoms with Crippen LogP contribution in [0.3, 0.4) is 0 Å². The maximum Gasteiger partial charge on any atom is 0.123 e. The van der Waals surface area contributed by atoms with E-state index in [0.717, 1.165) is 63.5 Å². The Hall–Kier alpha value is -1.26. The van der Waals surface area contributed by atoms with E-state index in [4.69, 9.17) is 18.9 Å². The van der Waals surface area contributed by atoms with Crippen molar-refractivity contribution in [1.29, 1.82) is 0 Å². The third-order valence-corrected chi connectivity index (χ3v) is 9.08. The van der Waals surface area contributed by atoms with Gasteiger partial charge in [0, 0.05) is 16.9 Å². The zero-order valence-corrected chi connectivity index (χ0v) is 22.3. The van der Waals surface area contributed by atoms with Crippen LogP contribution in [0.4, 0.5) is 0 Å². The third kappa shape index (κ3) is 6.49. The third-order valence-electron chi connectivity index (χ3n) is 9.08. The van der Waals surface area contributed by atoms with Gasteiger partial charge in [0.15, 0.2) is 0 Å². The first-order chi connectivity index (χ1) is 16.4. The Labute approximate surface area is 208 Å². The minimum Gasteiger partial charge on any atom is -0.493 e. The number of benzene rings is 1. The Bertz CT molecular complexity index is 759. The summed E-state index contributed by atoms with van der Waals surface area (Å²) in [5.41, 5.74) is 2.41. The Morgan fingerprint density at radius 1 is 0.735 bits per heavy atom. The molecule has 4 heteroatoms. The van der Waals surface area contributed by atoms with Crippen LogP contribution in [0.5, 0.6) is 11.5 Å². The number of hydrogen-bond donors (Lipinski definition) is 0. The molecule has 1 aromatic rings. The van der Waals surface area contributed by atoms with Gasteiger partial charge in [0.25, 0.3) is 0 Å². The SMILES string of the molecule is CCC1(CC2CC2)COC1.CCC1(COc2cc(C)cc(OCC3(CC)COC3)c2)CCCC1. The van der Waals surface area contributed by atoms with Crippen LogP contribution < -0.4 is 9.47 Å². The molecule has 4 fully saturated rings. The summed E-state index contributed by atoms with van der Waals surface area (Å²) < 4.78 is 22.9. The zero-order chi connectivity index (χ0) is 24.1. The average Bonchev–Trinajstić information content (AvgIpc) is 3.48. The van der Waals surface area contributed by atoms with Crippen molar-refractivity contribution in [3.05, 3.63) is 23.8 Å². The second-order valence-corrected chi connectivity index (χ2v) is 12.0. The minimum atomic E-state index is 0.209. The summed E-state index contributed by atoms with van der Waals surface area (Å²) in [4.78, 5) is 0. The largest absolute Gasteiger partial charge is 0.493 e. The molecule has 2 aliphatic heterocycles. The predicted molar refractivity (Wildman–Crippen MR) is 138 cm³/mol. The van der Waals surface area contributed by atoms with Gasteiger partial charge in [-0.2, -0.15) is 0 Å². The maximum absolute atomic E-state index is 6.20. The first-order valence-corrected chi connectivity index (χ1v) is 14.0. The molecule has 4 aliphatic rings. The first-order valence-electron chi connectivity index (χ1n) is 14.0. The molecule has 0 atom stereocenters. The lowest BCUT2D eigenvalue weighted by Gasteiger charge is -2.41. The quantitative estimate of drug-likeness (QED) is 0.337. The number of aryl methyl sites for hydroxylation is 1.